The molecule has 3 aromatic carbocycles. The van der Waals surface area contributed by atoms with Crippen molar-refractivity contribution < 1.29 is 13.6 Å². The molecule has 0 saturated carbocycles. The summed E-state index contributed by atoms with van der Waals surface area (Å²) in [5.41, 5.74) is 2.25. The zero-order valence-electron chi connectivity index (χ0n) is 16.0. The van der Waals surface area contributed by atoms with E-state index in [9.17, 15) is 14.0 Å². The summed E-state index contributed by atoms with van der Waals surface area (Å²) in [5.74, 6) is -0.621. The molecule has 0 fully saturated rings. The van der Waals surface area contributed by atoms with E-state index in [1.165, 1.54) is 12.1 Å². The van der Waals surface area contributed by atoms with Crippen LogP contribution in [0.3, 0.4) is 0 Å². The zero-order valence-corrected chi connectivity index (χ0v) is 16.0. The van der Waals surface area contributed by atoms with Gasteiger partial charge in [0.2, 0.25) is 5.76 Å². The van der Waals surface area contributed by atoms with Gasteiger partial charge in [0.05, 0.1) is 17.0 Å². The summed E-state index contributed by atoms with van der Waals surface area (Å²) in [7, 11) is 0. The van der Waals surface area contributed by atoms with Gasteiger partial charge in [0.25, 0.3) is 5.91 Å². The molecule has 5 heteroatoms. The first-order valence-corrected chi connectivity index (χ1v) is 9.79. The number of hydrogen-bond donors (Lipinski definition) is 0. The monoisotopic (exact) mass is 399 g/mol. The average Bonchev–Trinajstić information content (AvgIpc) is 3.06. The van der Waals surface area contributed by atoms with Crippen LogP contribution in [0.4, 0.5) is 4.39 Å². The van der Waals surface area contributed by atoms with Gasteiger partial charge in [-0.15, -0.1) is 0 Å². The molecule has 30 heavy (non-hydrogen) atoms. The Balaban J connectivity index is 1.64. The van der Waals surface area contributed by atoms with Crippen LogP contribution in [0.1, 0.15) is 33.3 Å². The van der Waals surface area contributed by atoms with Crippen LogP contribution in [0.5, 0.6) is 0 Å². The van der Waals surface area contributed by atoms with E-state index in [0.717, 1.165) is 5.56 Å². The lowest BCUT2D eigenvalue weighted by molar-refractivity contribution is 0.0730. The molecule has 4 nitrogen and oxygen atoms in total. The van der Waals surface area contributed by atoms with Gasteiger partial charge in [-0.3, -0.25) is 9.59 Å². The largest absolute Gasteiger partial charge is 0.450 e. The minimum Gasteiger partial charge on any atom is -0.450 e. The van der Waals surface area contributed by atoms with E-state index in [1.807, 2.05) is 30.3 Å². The van der Waals surface area contributed by atoms with Crippen molar-refractivity contribution in [2.75, 3.05) is 6.54 Å². The molecule has 1 amide bonds. The average molecular weight is 399 g/mol. The van der Waals surface area contributed by atoms with Crippen LogP contribution in [0, 0.1) is 5.82 Å². The molecule has 1 atom stereocenters. The molecule has 2 heterocycles. The van der Waals surface area contributed by atoms with Gasteiger partial charge in [-0.2, -0.15) is 0 Å². The predicted octanol–water partition coefficient (Wildman–Crippen LogP) is 4.72. The summed E-state index contributed by atoms with van der Waals surface area (Å²) in [6.45, 7) is 0.408. The molecule has 0 radical (unpaired) electrons. The Bertz CT molecular complexity index is 1300. The van der Waals surface area contributed by atoms with E-state index >= 15 is 0 Å². The minimum atomic E-state index is -0.613. The topological polar surface area (TPSA) is 50.5 Å². The van der Waals surface area contributed by atoms with Crippen molar-refractivity contribution in [2.24, 2.45) is 0 Å². The molecule has 148 valence electrons. The SMILES string of the molecule is O=C1c2oc3ccccc3c(=O)c2C(c2ccc(F)cc2)N1CCc1ccccc1. The fourth-order valence-electron chi connectivity index (χ4n) is 4.08. The van der Waals surface area contributed by atoms with Crippen molar-refractivity contribution in [3.8, 4) is 0 Å². The van der Waals surface area contributed by atoms with Gasteiger partial charge >= 0.3 is 0 Å². The maximum atomic E-state index is 13.5. The highest BCUT2D eigenvalue weighted by Crippen LogP contribution is 2.38. The number of para-hydroxylation sites is 1. The van der Waals surface area contributed by atoms with Gasteiger partial charge in [-0.1, -0.05) is 54.6 Å². The van der Waals surface area contributed by atoms with Gasteiger partial charge in [-0.25, -0.2) is 4.39 Å². The third kappa shape index (κ3) is 2.99. The molecule has 1 unspecified atom stereocenters. The third-order valence-electron chi connectivity index (χ3n) is 5.54. The Hall–Kier alpha value is -3.73. The summed E-state index contributed by atoms with van der Waals surface area (Å²) in [5, 5.41) is 0.432. The van der Waals surface area contributed by atoms with Crippen LogP contribution in [0.15, 0.2) is 88.1 Å². The molecular formula is C25H18FNO3. The Morgan fingerprint density at radius 2 is 1.57 bits per heavy atom. The van der Waals surface area contributed by atoms with Crippen molar-refractivity contribution in [1.29, 1.82) is 0 Å². The number of nitrogens with zero attached hydrogens (tertiary/aromatic N) is 1. The van der Waals surface area contributed by atoms with Crippen LogP contribution in [0.2, 0.25) is 0 Å². The number of fused-ring (bicyclic) bond motifs is 2. The Labute approximate surface area is 172 Å². The van der Waals surface area contributed by atoms with Crippen LogP contribution in [0.25, 0.3) is 11.0 Å². The fourth-order valence-corrected chi connectivity index (χ4v) is 4.08. The number of carbonyl (C=O) groups is 1. The molecule has 0 aliphatic carbocycles. The molecule has 1 aliphatic rings. The van der Waals surface area contributed by atoms with Gasteiger partial charge < -0.3 is 9.32 Å². The standard InChI is InChI=1S/C25H18FNO3/c26-18-12-10-17(11-13-18)22-21-23(28)19-8-4-5-9-20(19)30-24(21)25(29)27(22)15-14-16-6-2-1-3-7-16/h1-13,22H,14-15H2. The number of amides is 1. The highest BCUT2D eigenvalue weighted by molar-refractivity contribution is 5.99. The van der Waals surface area contributed by atoms with E-state index in [0.29, 0.717) is 35.1 Å². The first-order chi connectivity index (χ1) is 14.6. The lowest BCUT2D eigenvalue weighted by Gasteiger charge is -2.25. The van der Waals surface area contributed by atoms with Crippen molar-refractivity contribution in [1.82, 2.24) is 4.90 Å². The summed E-state index contributed by atoms with van der Waals surface area (Å²) in [4.78, 5) is 28.3. The Kier molecular flexibility index (Phi) is 4.43. The van der Waals surface area contributed by atoms with Crippen LogP contribution in [-0.2, 0) is 6.42 Å². The highest BCUT2D eigenvalue weighted by Gasteiger charge is 2.42. The molecule has 0 saturated heterocycles. The van der Waals surface area contributed by atoms with E-state index in [-0.39, 0.29) is 22.9 Å². The van der Waals surface area contributed by atoms with Crippen LogP contribution in [-0.4, -0.2) is 17.4 Å². The van der Waals surface area contributed by atoms with E-state index < -0.39 is 6.04 Å². The number of benzene rings is 3. The lowest BCUT2D eigenvalue weighted by atomic mass is 9.98. The maximum Gasteiger partial charge on any atom is 0.290 e. The summed E-state index contributed by atoms with van der Waals surface area (Å²) < 4.78 is 19.4. The molecule has 4 aromatic rings. The Morgan fingerprint density at radius 3 is 2.33 bits per heavy atom. The lowest BCUT2D eigenvalue weighted by Crippen LogP contribution is -2.31. The van der Waals surface area contributed by atoms with Crippen LogP contribution < -0.4 is 5.43 Å². The first kappa shape index (κ1) is 18.3. The fraction of sp³-hybridized carbons (Fsp3) is 0.120. The predicted molar refractivity (Wildman–Crippen MR) is 112 cm³/mol. The number of rotatable bonds is 4. The maximum absolute atomic E-state index is 13.5. The van der Waals surface area contributed by atoms with E-state index in [4.69, 9.17) is 4.42 Å². The summed E-state index contributed by atoms with van der Waals surface area (Å²) in [6.07, 6.45) is 0.631. The normalized spacial score (nSPS) is 15.6. The second-order valence-corrected chi connectivity index (χ2v) is 7.36. The van der Waals surface area contributed by atoms with Crippen LogP contribution >= 0.6 is 0 Å². The summed E-state index contributed by atoms with van der Waals surface area (Å²) in [6, 6.07) is 22.1. The quantitative estimate of drug-likeness (QED) is 0.499. The second-order valence-electron chi connectivity index (χ2n) is 7.36. The zero-order chi connectivity index (χ0) is 20.7. The molecule has 1 aliphatic heterocycles. The molecular weight excluding hydrogens is 381 g/mol. The van der Waals surface area contributed by atoms with E-state index in [2.05, 4.69) is 0 Å². The van der Waals surface area contributed by atoms with Gasteiger partial charge in [0, 0.05) is 6.54 Å². The Morgan fingerprint density at radius 1 is 0.867 bits per heavy atom. The first-order valence-electron chi connectivity index (χ1n) is 9.79. The molecule has 0 N–H and O–H groups in total. The second kappa shape index (κ2) is 7.26. The molecule has 5 rings (SSSR count). The van der Waals surface area contributed by atoms with Crippen molar-refractivity contribution in [3.63, 3.8) is 0 Å². The van der Waals surface area contributed by atoms with Gasteiger partial charge in [-0.05, 0) is 41.8 Å². The summed E-state index contributed by atoms with van der Waals surface area (Å²) >= 11 is 0. The smallest absolute Gasteiger partial charge is 0.290 e. The minimum absolute atomic E-state index is 0.0705. The number of carbonyl (C=O) groups excluding carboxylic acids is 1. The van der Waals surface area contributed by atoms with E-state index in [1.54, 1.807) is 41.3 Å². The van der Waals surface area contributed by atoms with Crippen molar-refractivity contribution in [2.45, 2.75) is 12.5 Å². The molecule has 0 bridgehead atoms. The van der Waals surface area contributed by atoms with Gasteiger partial charge in [0.1, 0.15) is 11.4 Å². The van der Waals surface area contributed by atoms with Crippen molar-refractivity contribution in [3.05, 3.63) is 117 Å². The van der Waals surface area contributed by atoms with Crippen molar-refractivity contribution >= 4 is 16.9 Å². The van der Waals surface area contributed by atoms with Gasteiger partial charge in [0.15, 0.2) is 5.43 Å². The number of halogens is 1. The molecule has 1 aromatic heterocycles. The number of hydrogen-bond acceptors (Lipinski definition) is 3. The molecule has 0 spiro atoms. The third-order valence-corrected chi connectivity index (χ3v) is 5.54. The highest BCUT2D eigenvalue weighted by atomic mass is 19.1.